The number of carbonyl (C=O) groups excluding carboxylic acids is 1. The van der Waals surface area contributed by atoms with E-state index in [4.69, 9.17) is 0 Å². The van der Waals surface area contributed by atoms with Gasteiger partial charge in [0.25, 0.3) is 0 Å². The van der Waals surface area contributed by atoms with Crippen molar-refractivity contribution in [2.24, 2.45) is 11.8 Å². The van der Waals surface area contributed by atoms with Crippen LogP contribution in [0.4, 0.5) is 13.2 Å². The summed E-state index contributed by atoms with van der Waals surface area (Å²) >= 11 is 1.18. The van der Waals surface area contributed by atoms with Gasteiger partial charge in [0, 0.05) is 6.04 Å². The average Bonchev–Trinajstić information content (AvgIpc) is 3.56. The van der Waals surface area contributed by atoms with Gasteiger partial charge in [0.15, 0.2) is 0 Å². The molecule has 1 aromatic heterocycles. The molecule has 0 radical (unpaired) electrons. The largest absolute Gasteiger partial charge is 0.573 e. The van der Waals surface area contributed by atoms with Gasteiger partial charge in [-0.3, -0.25) is 4.79 Å². The number of hydrogen-bond acceptors (Lipinski definition) is 6. The zero-order valence-electron chi connectivity index (χ0n) is 14.7. The molecule has 0 spiro atoms. The molecule has 150 valence electrons. The Balaban J connectivity index is 1.35. The Morgan fingerprint density at radius 1 is 1.21 bits per heavy atom. The normalized spacial score (nSPS) is 17.0. The number of halogens is 3. The minimum absolute atomic E-state index is 0.0581. The minimum atomic E-state index is -4.75. The van der Waals surface area contributed by atoms with E-state index in [9.17, 15) is 18.0 Å². The minimum Gasteiger partial charge on any atom is -0.406 e. The third-order valence-corrected chi connectivity index (χ3v) is 5.59. The first-order valence-corrected chi connectivity index (χ1v) is 9.94. The number of nitrogens with zero attached hydrogens (tertiary/aromatic N) is 4. The van der Waals surface area contributed by atoms with E-state index >= 15 is 0 Å². The van der Waals surface area contributed by atoms with Gasteiger partial charge in [-0.2, -0.15) is 4.68 Å². The van der Waals surface area contributed by atoms with Crippen molar-refractivity contribution < 1.29 is 22.7 Å². The van der Waals surface area contributed by atoms with Crippen molar-refractivity contribution in [2.75, 3.05) is 5.75 Å². The monoisotopic (exact) mass is 413 g/mol. The lowest BCUT2D eigenvalue weighted by Gasteiger charge is -2.17. The molecule has 1 aromatic carbocycles. The quantitative estimate of drug-likeness (QED) is 0.670. The molecule has 2 aliphatic carbocycles. The van der Waals surface area contributed by atoms with Crippen LogP contribution >= 0.6 is 11.8 Å². The van der Waals surface area contributed by atoms with E-state index in [1.54, 1.807) is 0 Å². The summed E-state index contributed by atoms with van der Waals surface area (Å²) in [5, 5.41) is 14.8. The van der Waals surface area contributed by atoms with Gasteiger partial charge in [0.1, 0.15) is 5.75 Å². The van der Waals surface area contributed by atoms with Crippen molar-refractivity contribution in [1.29, 1.82) is 0 Å². The van der Waals surface area contributed by atoms with Gasteiger partial charge < -0.3 is 10.1 Å². The Labute approximate surface area is 163 Å². The van der Waals surface area contributed by atoms with E-state index in [0.29, 0.717) is 22.7 Å². The highest BCUT2D eigenvalue weighted by Gasteiger charge is 2.42. The second-order valence-corrected chi connectivity index (χ2v) is 7.91. The summed E-state index contributed by atoms with van der Waals surface area (Å²) in [5.74, 6) is 1.01. The van der Waals surface area contributed by atoms with Crippen LogP contribution in [0.3, 0.4) is 0 Å². The Morgan fingerprint density at radius 2 is 1.86 bits per heavy atom. The fourth-order valence-electron chi connectivity index (χ4n) is 3.11. The zero-order valence-corrected chi connectivity index (χ0v) is 15.5. The molecule has 0 aliphatic heterocycles. The first-order chi connectivity index (χ1) is 13.4. The van der Waals surface area contributed by atoms with Crippen LogP contribution in [0.25, 0.3) is 5.69 Å². The van der Waals surface area contributed by atoms with Crippen LogP contribution in [-0.2, 0) is 4.79 Å². The molecule has 4 rings (SSSR count). The van der Waals surface area contributed by atoms with Crippen molar-refractivity contribution in [1.82, 2.24) is 25.5 Å². The number of thioether (sulfide) groups is 1. The zero-order chi connectivity index (χ0) is 19.7. The lowest BCUT2D eigenvalue weighted by atomic mass is 10.1. The van der Waals surface area contributed by atoms with E-state index in [-0.39, 0.29) is 23.5 Å². The van der Waals surface area contributed by atoms with Crippen LogP contribution in [0.5, 0.6) is 5.75 Å². The maximum absolute atomic E-state index is 12.3. The second-order valence-electron chi connectivity index (χ2n) is 6.97. The molecule has 2 aromatic rings. The molecule has 2 fully saturated rings. The lowest BCUT2D eigenvalue weighted by molar-refractivity contribution is -0.274. The number of ether oxygens (including phenoxy) is 1. The number of hydrogen-bond donors (Lipinski definition) is 1. The first kappa shape index (κ1) is 19.0. The number of aromatic nitrogens is 4. The summed E-state index contributed by atoms with van der Waals surface area (Å²) in [7, 11) is 0. The highest BCUT2D eigenvalue weighted by atomic mass is 32.2. The Hall–Kier alpha value is -2.30. The molecule has 11 heteroatoms. The molecule has 28 heavy (non-hydrogen) atoms. The fraction of sp³-hybridized carbons (Fsp3) is 0.529. The summed E-state index contributed by atoms with van der Waals surface area (Å²) in [6.45, 7) is 0. The van der Waals surface area contributed by atoms with Gasteiger partial charge in [-0.05, 0) is 72.2 Å². The predicted molar refractivity (Wildman–Crippen MR) is 93.9 cm³/mol. The van der Waals surface area contributed by atoms with Crippen LogP contribution < -0.4 is 10.1 Å². The summed E-state index contributed by atoms with van der Waals surface area (Å²) in [6, 6.07) is 5.48. The summed E-state index contributed by atoms with van der Waals surface area (Å²) in [6.07, 6.45) is -0.0208. The number of rotatable bonds is 8. The van der Waals surface area contributed by atoms with Gasteiger partial charge in [0.05, 0.1) is 11.4 Å². The van der Waals surface area contributed by atoms with Crippen LogP contribution in [0.1, 0.15) is 25.7 Å². The molecular weight excluding hydrogens is 395 g/mol. The summed E-state index contributed by atoms with van der Waals surface area (Å²) in [5.41, 5.74) is 0.469. The number of benzene rings is 1. The van der Waals surface area contributed by atoms with E-state index in [1.165, 1.54) is 66.4 Å². The van der Waals surface area contributed by atoms with Crippen LogP contribution in [0, 0.1) is 11.8 Å². The molecule has 2 aliphatic rings. The molecule has 0 unspecified atom stereocenters. The van der Waals surface area contributed by atoms with E-state index in [2.05, 4.69) is 25.6 Å². The molecular formula is C17H18F3N5O2S. The number of nitrogens with one attached hydrogen (secondary N) is 1. The number of alkyl halides is 3. The smallest absolute Gasteiger partial charge is 0.406 e. The molecule has 0 saturated heterocycles. The van der Waals surface area contributed by atoms with Gasteiger partial charge in [-0.15, -0.1) is 18.3 Å². The van der Waals surface area contributed by atoms with Crippen molar-refractivity contribution in [3.8, 4) is 11.4 Å². The Bertz CT molecular complexity index is 822. The molecule has 7 nitrogen and oxygen atoms in total. The highest BCUT2D eigenvalue weighted by molar-refractivity contribution is 7.99. The van der Waals surface area contributed by atoms with Crippen molar-refractivity contribution in [2.45, 2.75) is 43.2 Å². The predicted octanol–water partition coefficient (Wildman–Crippen LogP) is 2.96. The Kier molecular flexibility index (Phi) is 5.17. The highest BCUT2D eigenvalue weighted by Crippen LogP contribution is 2.44. The SMILES string of the molecule is O=C(CSc1nnnn1-c1ccc(OC(F)(F)F)cc1)NC(C1CC1)C1CC1. The van der Waals surface area contributed by atoms with E-state index in [0.717, 1.165) is 0 Å². The van der Waals surface area contributed by atoms with E-state index in [1.807, 2.05) is 0 Å². The molecule has 0 bridgehead atoms. The number of tetrazole rings is 1. The fourth-order valence-corrected chi connectivity index (χ4v) is 3.81. The lowest BCUT2D eigenvalue weighted by Crippen LogP contribution is -2.39. The standard InChI is InChI=1S/C17H18F3N5O2S/c18-17(19,20)27-13-7-5-12(6-8-13)25-16(22-23-24-25)28-9-14(26)21-15(10-1-2-10)11-3-4-11/h5-8,10-11,15H,1-4,9H2,(H,21,26). The first-order valence-electron chi connectivity index (χ1n) is 8.96. The maximum atomic E-state index is 12.3. The second kappa shape index (κ2) is 7.61. The summed E-state index contributed by atoms with van der Waals surface area (Å²) in [4.78, 5) is 12.3. The average molecular weight is 413 g/mol. The topological polar surface area (TPSA) is 81.9 Å². The number of carbonyl (C=O) groups is 1. The third-order valence-electron chi connectivity index (χ3n) is 4.68. The molecule has 1 amide bonds. The molecule has 1 N–H and O–H groups in total. The maximum Gasteiger partial charge on any atom is 0.573 e. The number of amides is 1. The van der Waals surface area contributed by atoms with Crippen LogP contribution in [0.2, 0.25) is 0 Å². The van der Waals surface area contributed by atoms with Gasteiger partial charge in [-0.1, -0.05) is 11.8 Å². The molecule has 2 saturated carbocycles. The van der Waals surface area contributed by atoms with Crippen molar-refractivity contribution in [3.63, 3.8) is 0 Å². The van der Waals surface area contributed by atoms with E-state index < -0.39 is 6.36 Å². The van der Waals surface area contributed by atoms with Crippen molar-refractivity contribution >= 4 is 17.7 Å². The van der Waals surface area contributed by atoms with Gasteiger partial charge in [0.2, 0.25) is 11.1 Å². The third kappa shape index (κ3) is 4.94. The Morgan fingerprint density at radius 3 is 2.43 bits per heavy atom. The van der Waals surface area contributed by atoms with Crippen LogP contribution in [0.15, 0.2) is 29.4 Å². The molecule has 0 atom stereocenters. The van der Waals surface area contributed by atoms with Crippen molar-refractivity contribution in [3.05, 3.63) is 24.3 Å². The molecule has 1 heterocycles. The van der Waals surface area contributed by atoms with Crippen LogP contribution in [-0.4, -0.2) is 44.3 Å². The summed E-state index contributed by atoms with van der Waals surface area (Å²) < 4.78 is 42.0. The van der Waals surface area contributed by atoms with Gasteiger partial charge >= 0.3 is 6.36 Å². The van der Waals surface area contributed by atoms with Gasteiger partial charge in [-0.25, -0.2) is 0 Å².